The van der Waals surface area contributed by atoms with Gasteiger partial charge in [0.05, 0.1) is 11.7 Å². The van der Waals surface area contributed by atoms with E-state index in [2.05, 4.69) is 27.8 Å². The van der Waals surface area contributed by atoms with E-state index < -0.39 is 0 Å². The molecule has 0 aliphatic heterocycles. The summed E-state index contributed by atoms with van der Waals surface area (Å²) in [6.45, 7) is 5.24. The van der Waals surface area contributed by atoms with Gasteiger partial charge in [0.15, 0.2) is 5.82 Å². The Kier molecular flexibility index (Phi) is 4.57. The molecule has 0 aromatic carbocycles. The fraction of sp³-hybridized carbons (Fsp3) is 0.688. The van der Waals surface area contributed by atoms with Gasteiger partial charge in [-0.2, -0.15) is 10.2 Å². The zero-order valence-corrected chi connectivity index (χ0v) is 13.7. The van der Waals surface area contributed by atoms with Crippen molar-refractivity contribution in [3.05, 3.63) is 29.1 Å². The fourth-order valence-electron chi connectivity index (χ4n) is 3.29. The molecule has 120 valence electrons. The first-order chi connectivity index (χ1) is 10.7. The van der Waals surface area contributed by atoms with Crippen LogP contribution >= 0.6 is 0 Å². The molecule has 1 aliphatic carbocycles. The van der Waals surface area contributed by atoms with Crippen molar-refractivity contribution in [2.45, 2.75) is 65.1 Å². The maximum absolute atomic E-state index is 5.20. The van der Waals surface area contributed by atoms with Crippen LogP contribution in [0.15, 0.2) is 6.07 Å². The van der Waals surface area contributed by atoms with Crippen molar-refractivity contribution in [1.29, 1.82) is 0 Å². The van der Waals surface area contributed by atoms with E-state index in [4.69, 9.17) is 9.84 Å². The molecular weight excluding hydrogens is 278 g/mol. The number of nitrogens with zero attached hydrogens (tertiary/aromatic N) is 5. The molecular formula is C16H25N5O. The minimum Gasteiger partial charge on any atom is -0.377 e. The lowest BCUT2D eigenvalue weighted by Gasteiger charge is -2.23. The zero-order valence-electron chi connectivity index (χ0n) is 13.7. The van der Waals surface area contributed by atoms with E-state index in [0.29, 0.717) is 19.2 Å². The summed E-state index contributed by atoms with van der Waals surface area (Å²) in [5.41, 5.74) is 2.20. The van der Waals surface area contributed by atoms with E-state index in [-0.39, 0.29) is 0 Å². The average Bonchev–Trinajstić information content (AvgIpc) is 3.04. The molecule has 0 atom stereocenters. The van der Waals surface area contributed by atoms with Crippen molar-refractivity contribution in [2.75, 3.05) is 7.11 Å². The largest absolute Gasteiger partial charge is 0.377 e. The van der Waals surface area contributed by atoms with E-state index >= 15 is 0 Å². The van der Waals surface area contributed by atoms with Gasteiger partial charge in [0.1, 0.15) is 19.0 Å². The molecule has 2 aromatic rings. The Hall–Kier alpha value is -1.69. The number of rotatable bonds is 5. The average molecular weight is 303 g/mol. The molecule has 2 aromatic heterocycles. The van der Waals surface area contributed by atoms with Gasteiger partial charge in [-0.25, -0.2) is 9.67 Å². The SMILES string of the molecule is COCc1nc(Cn2nc(C)cc2C)n(C2CCCCC2)n1. The molecule has 0 bridgehead atoms. The van der Waals surface area contributed by atoms with Crippen LogP contribution < -0.4 is 0 Å². The molecule has 1 saturated carbocycles. The van der Waals surface area contributed by atoms with E-state index in [1.54, 1.807) is 7.11 Å². The highest BCUT2D eigenvalue weighted by molar-refractivity contribution is 5.08. The van der Waals surface area contributed by atoms with Crippen LogP contribution in [-0.4, -0.2) is 31.7 Å². The normalized spacial score (nSPS) is 16.3. The first-order valence-electron chi connectivity index (χ1n) is 8.11. The highest BCUT2D eigenvalue weighted by atomic mass is 16.5. The van der Waals surface area contributed by atoms with Crippen LogP contribution in [0, 0.1) is 13.8 Å². The Morgan fingerprint density at radius 2 is 1.95 bits per heavy atom. The van der Waals surface area contributed by atoms with Crippen molar-refractivity contribution in [2.24, 2.45) is 0 Å². The van der Waals surface area contributed by atoms with Gasteiger partial charge < -0.3 is 4.74 Å². The van der Waals surface area contributed by atoms with Gasteiger partial charge in [-0.05, 0) is 32.8 Å². The Morgan fingerprint density at radius 1 is 1.18 bits per heavy atom. The lowest BCUT2D eigenvalue weighted by Crippen LogP contribution is -2.19. The maximum Gasteiger partial charge on any atom is 0.176 e. The molecule has 2 heterocycles. The number of aromatic nitrogens is 5. The topological polar surface area (TPSA) is 57.8 Å². The molecule has 0 N–H and O–H groups in total. The molecule has 3 rings (SSSR count). The summed E-state index contributed by atoms with van der Waals surface area (Å²) in [7, 11) is 1.68. The first-order valence-corrected chi connectivity index (χ1v) is 8.11. The van der Waals surface area contributed by atoms with Gasteiger partial charge in [0.2, 0.25) is 0 Å². The van der Waals surface area contributed by atoms with Gasteiger partial charge in [-0.15, -0.1) is 0 Å². The summed E-state index contributed by atoms with van der Waals surface area (Å²) in [6.07, 6.45) is 6.29. The smallest absolute Gasteiger partial charge is 0.176 e. The van der Waals surface area contributed by atoms with E-state index in [0.717, 1.165) is 23.0 Å². The third-order valence-corrected chi connectivity index (χ3v) is 4.33. The van der Waals surface area contributed by atoms with Gasteiger partial charge in [-0.3, -0.25) is 4.68 Å². The third kappa shape index (κ3) is 3.21. The summed E-state index contributed by atoms with van der Waals surface area (Å²) in [6, 6.07) is 2.57. The molecule has 22 heavy (non-hydrogen) atoms. The molecule has 6 nitrogen and oxygen atoms in total. The summed E-state index contributed by atoms with van der Waals surface area (Å²) in [4.78, 5) is 4.69. The summed E-state index contributed by atoms with van der Waals surface area (Å²) in [5.74, 6) is 1.76. The molecule has 6 heteroatoms. The van der Waals surface area contributed by atoms with Crippen LogP contribution in [0.25, 0.3) is 0 Å². The summed E-state index contributed by atoms with van der Waals surface area (Å²) < 4.78 is 9.34. The highest BCUT2D eigenvalue weighted by Gasteiger charge is 2.21. The van der Waals surface area contributed by atoms with Crippen molar-refractivity contribution in [1.82, 2.24) is 24.5 Å². The number of methoxy groups -OCH3 is 1. The van der Waals surface area contributed by atoms with E-state index in [1.807, 2.05) is 11.6 Å². The number of aryl methyl sites for hydroxylation is 2. The quantitative estimate of drug-likeness (QED) is 0.852. The molecule has 1 fully saturated rings. The first kappa shape index (κ1) is 15.2. The molecule has 1 aliphatic rings. The fourth-order valence-corrected chi connectivity index (χ4v) is 3.29. The van der Waals surface area contributed by atoms with Gasteiger partial charge in [0.25, 0.3) is 0 Å². The maximum atomic E-state index is 5.20. The monoisotopic (exact) mass is 303 g/mol. The van der Waals surface area contributed by atoms with Crippen molar-refractivity contribution < 1.29 is 4.74 Å². The van der Waals surface area contributed by atoms with Crippen LogP contribution in [0.1, 0.15) is 61.2 Å². The molecule has 0 saturated heterocycles. The van der Waals surface area contributed by atoms with Crippen molar-refractivity contribution >= 4 is 0 Å². The number of ether oxygens (including phenoxy) is 1. The summed E-state index contributed by atoms with van der Waals surface area (Å²) >= 11 is 0. The lowest BCUT2D eigenvalue weighted by molar-refractivity contribution is 0.176. The Balaban J connectivity index is 1.88. The van der Waals surface area contributed by atoms with Crippen LogP contribution in [0.5, 0.6) is 0 Å². The van der Waals surface area contributed by atoms with Gasteiger partial charge >= 0.3 is 0 Å². The van der Waals surface area contributed by atoms with E-state index in [9.17, 15) is 0 Å². The lowest BCUT2D eigenvalue weighted by atomic mass is 9.95. The van der Waals surface area contributed by atoms with Crippen LogP contribution in [0.2, 0.25) is 0 Å². The minimum absolute atomic E-state index is 0.462. The van der Waals surface area contributed by atoms with Crippen LogP contribution in [-0.2, 0) is 17.9 Å². The summed E-state index contributed by atoms with van der Waals surface area (Å²) in [5, 5.41) is 9.25. The van der Waals surface area contributed by atoms with E-state index in [1.165, 1.54) is 32.1 Å². The molecule has 0 amide bonds. The Labute approximate surface area is 131 Å². The number of hydrogen-bond donors (Lipinski definition) is 0. The second-order valence-corrected chi connectivity index (χ2v) is 6.20. The van der Waals surface area contributed by atoms with Gasteiger partial charge in [-0.1, -0.05) is 19.3 Å². The standard InChI is InChI=1S/C16H25N5O/c1-12-9-13(2)20(18-12)10-16-17-15(11-22-3)19-21(16)14-7-5-4-6-8-14/h9,14H,4-8,10-11H2,1-3H3. The molecule has 0 radical (unpaired) electrons. The Morgan fingerprint density at radius 3 is 2.59 bits per heavy atom. The Bertz CT molecular complexity index is 625. The second-order valence-electron chi connectivity index (χ2n) is 6.20. The van der Waals surface area contributed by atoms with Crippen LogP contribution in [0.3, 0.4) is 0 Å². The zero-order chi connectivity index (χ0) is 15.5. The van der Waals surface area contributed by atoms with Gasteiger partial charge in [0, 0.05) is 12.8 Å². The minimum atomic E-state index is 0.462. The van der Waals surface area contributed by atoms with Crippen LogP contribution in [0.4, 0.5) is 0 Å². The van der Waals surface area contributed by atoms with Crippen molar-refractivity contribution in [3.8, 4) is 0 Å². The van der Waals surface area contributed by atoms with Crippen molar-refractivity contribution in [3.63, 3.8) is 0 Å². The number of hydrogen-bond acceptors (Lipinski definition) is 4. The predicted molar refractivity (Wildman–Crippen MR) is 83.7 cm³/mol. The molecule has 0 spiro atoms. The highest BCUT2D eigenvalue weighted by Crippen LogP contribution is 2.28. The predicted octanol–water partition coefficient (Wildman–Crippen LogP) is 2.79. The molecule has 0 unspecified atom stereocenters. The second kappa shape index (κ2) is 6.60. The third-order valence-electron chi connectivity index (χ3n) is 4.33.